The first kappa shape index (κ1) is 23.9. The van der Waals surface area contributed by atoms with Crippen LogP contribution in [0.2, 0.25) is 0 Å². The lowest BCUT2D eigenvalue weighted by molar-refractivity contribution is -0.143. The van der Waals surface area contributed by atoms with E-state index in [2.05, 4.69) is 4.90 Å². The summed E-state index contributed by atoms with van der Waals surface area (Å²) in [6.07, 6.45) is 3.39. The molecule has 1 aliphatic rings. The van der Waals surface area contributed by atoms with E-state index in [4.69, 9.17) is 4.74 Å². The molecular weight excluding hydrogens is 405 g/mol. The second-order valence-electron chi connectivity index (χ2n) is 7.65. The van der Waals surface area contributed by atoms with Crippen molar-refractivity contribution in [3.8, 4) is 0 Å². The number of nitrogens with zero attached hydrogens (tertiary/aromatic N) is 1. The number of halogens is 2. The van der Waals surface area contributed by atoms with Crippen molar-refractivity contribution in [2.24, 2.45) is 5.92 Å². The first-order valence-corrected chi connectivity index (χ1v) is 10.0. The van der Waals surface area contributed by atoms with E-state index in [0.717, 1.165) is 47.2 Å². The summed E-state index contributed by atoms with van der Waals surface area (Å²) in [6, 6.07) is 12.8. The van der Waals surface area contributed by atoms with Crippen molar-refractivity contribution in [2.75, 3.05) is 26.2 Å². The third-order valence-corrected chi connectivity index (χ3v) is 5.50. The molecule has 1 atom stereocenters. The molecule has 3 rings (SSSR count). The third kappa shape index (κ3) is 6.07. The average Bonchev–Trinajstić information content (AvgIpc) is 2.70. The van der Waals surface area contributed by atoms with Gasteiger partial charge in [-0.05, 0) is 67.6 Å². The zero-order chi connectivity index (χ0) is 20.8. The highest BCUT2D eigenvalue weighted by molar-refractivity contribution is 5.85. The number of aryl methyl sites for hydroxylation is 2. The van der Waals surface area contributed by atoms with Gasteiger partial charge in [-0.15, -0.1) is 12.4 Å². The van der Waals surface area contributed by atoms with Gasteiger partial charge in [0.2, 0.25) is 0 Å². The maximum atomic E-state index is 13.6. The van der Waals surface area contributed by atoms with E-state index in [1.807, 2.05) is 38.1 Å². The van der Waals surface area contributed by atoms with Crippen LogP contribution in [0.5, 0.6) is 0 Å². The Morgan fingerprint density at radius 2 is 1.93 bits per heavy atom. The van der Waals surface area contributed by atoms with Crippen molar-refractivity contribution in [3.63, 3.8) is 0 Å². The largest absolute Gasteiger partial charge is 0.499 e. The predicted molar refractivity (Wildman–Crippen MR) is 119 cm³/mol. The Hall–Kier alpha value is -2.37. The van der Waals surface area contributed by atoms with Gasteiger partial charge in [0.15, 0.2) is 0 Å². The molecule has 0 aromatic heterocycles. The molecule has 1 fully saturated rings. The molecule has 0 aliphatic carbocycles. The number of likely N-dealkylation sites (tertiary alicyclic amines) is 1. The number of carboxylic acid groups (broad SMARTS) is 1. The lowest BCUT2D eigenvalue weighted by atomic mass is 9.92. The molecule has 2 aromatic carbocycles. The summed E-state index contributed by atoms with van der Waals surface area (Å²) in [5.41, 5.74) is 4.87. The monoisotopic (exact) mass is 433 g/mol. The highest BCUT2D eigenvalue weighted by Crippen LogP contribution is 2.29. The third-order valence-electron chi connectivity index (χ3n) is 5.50. The van der Waals surface area contributed by atoms with E-state index in [9.17, 15) is 14.3 Å². The van der Waals surface area contributed by atoms with E-state index in [0.29, 0.717) is 19.7 Å². The van der Waals surface area contributed by atoms with Crippen LogP contribution in [0.15, 0.2) is 48.7 Å². The summed E-state index contributed by atoms with van der Waals surface area (Å²) >= 11 is 0. The first-order chi connectivity index (χ1) is 14.0. The SMILES string of the molecule is Cc1ccccc1/C(=C/OCCN1CCC[C@@H](C(=O)O)C1)c1ccc(F)cc1C.Cl. The maximum absolute atomic E-state index is 13.6. The molecule has 1 heterocycles. The molecule has 0 unspecified atom stereocenters. The molecule has 1 aliphatic heterocycles. The smallest absolute Gasteiger partial charge is 0.307 e. The summed E-state index contributed by atoms with van der Waals surface area (Å²) in [5.74, 6) is -1.26. The zero-order valence-electron chi connectivity index (χ0n) is 17.4. The lowest BCUT2D eigenvalue weighted by Gasteiger charge is -2.30. The minimum atomic E-state index is -0.718. The fraction of sp³-hybridized carbons (Fsp3) is 0.375. The Balaban J connectivity index is 0.00000320. The molecule has 0 amide bonds. The maximum Gasteiger partial charge on any atom is 0.307 e. The Bertz CT molecular complexity index is 900. The van der Waals surface area contributed by atoms with E-state index in [-0.39, 0.29) is 24.1 Å². The lowest BCUT2D eigenvalue weighted by Crippen LogP contribution is -2.40. The standard InChI is InChI=1S/C24H28FNO3.ClH/c1-17-6-3-4-8-21(17)23(22-10-9-20(25)14-18(22)2)16-29-13-12-26-11-5-7-19(15-26)24(27)28;/h3-4,6,8-10,14,16,19H,5,7,11-13,15H2,1-2H3,(H,27,28);1H/b23-16-;/t19-;/m1./s1. The Labute approximate surface area is 183 Å². The van der Waals surface area contributed by atoms with E-state index >= 15 is 0 Å². The van der Waals surface area contributed by atoms with E-state index in [1.54, 1.807) is 12.3 Å². The zero-order valence-corrected chi connectivity index (χ0v) is 18.3. The predicted octanol–water partition coefficient (Wildman–Crippen LogP) is 5.07. The molecule has 2 aromatic rings. The van der Waals surface area contributed by atoms with Crippen molar-refractivity contribution in [2.45, 2.75) is 26.7 Å². The molecule has 0 bridgehead atoms. The summed E-state index contributed by atoms with van der Waals surface area (Å²) in [4.78, 5) is 13.4. The highest BCUT2D eigenvalue weighted by atomic mass is 35.5. The van der Waals surface area contributed by atoms with Crippen LogP contribution in [-0.2, 0) is 9.53 Å². The Kier molecular flexibility index (Phi) is 8.88. The summed E-state index contributed by atoms with van der Waals surface area (Å²) < 4.78 is 19.5. The van der Waals surface area contributed by atoms with Gasteiger partial charge >= 0.3 is 5.97 Å². The number of rotatable bonds is 7. The van der Waals surface area contributed by atoms with Gasteiger partial charge in [0.1, 0.15) is 12.4 Å². The topological polar surface area (TPSA) is 49.8 Å². The van der Waals surface area contributed by atoms with Gasteiger partial charge in [-0.25, -0.2) is 4.39 Å². The minimum Gasteiger partial charge on any atom is -0.499 e. The van der Waals surface area contributed by atoms with Gasteiger partial charge in [-0.1, -0.05) is 30.3 Å². The fourth-order valence-electron chi connectivity index (χ4n) is 3.86. The number of benzene rings is 2. The molecule has 1 N–H and O–H groups in total. The minimum absolute atomic E-state index is 0. The van der Waals surface area contributed by atoms with Crippen molar-refractivity contribution in [1.29, 1.82) is 0 Å². The molecule has 0 radical (unpaired) electrons. The van der Waals surface area contributed by atoms with Gasteiger partial charge in [0.25, 0.3) is 0 Å². The molecule has 6 heteroatoms. The summed E-state index contributed by atoms with van der Waals surface area (Å²) in [6.45, 7) is 6.57. The normalized spacial score (nSPS) is 17.3. The van der Waals surface area contributed by atoms with E-state index in [1.165, 1.54) is 12.1 Å². The van der Waals surface area contributed by atoms with Crippen LogP contribution in [0.4, 0.5) is 4.39 Å². The second-order valence-corrected chi connectivity index (χ2v) is 7.65. The summed E-state index contributed by atoms with van der Waals surface area (Å²) in [5, 5.41) is 9.23. The fourth-order valence-corrected chi connectivity index (χ4v) is 3.86. The van der Waals surface area contributed by atoms with Crippen molar-refractivity contribution in [1.82, 2.24) is 4.90 Å². The van der Waals surface area contributed by atoms with Crippen molar-refractivity contribution < 1.29 is 19.0 Å². The number of aliphatic carboxylic acids is 1. The molecule has 30 heavy (non-hydrogen) atoms. The number of hydrogen-bond donors (Lipinski definition) is 1. The number of hydrogen-bond acceptors (Lipinski definition) is 3. The number of carboxylic acids is 1. The van der Waals surface area contributed by atoms with Crippen molar-refractivity contribution in [3.05, 3.63) is 76.8 Å². The highest BCUT2D eigenvalue weighted by Gasteiger charge is 2.24. The van der Waals surface area contributed by atoms with Crippen molar-refractivity contribution >= 4 is 23.9 Å². The van der Waals surface area contributed by atoms with E-state index < -0.39 is 5.97 Å². The molecule has 1 saturated heterocycles. The molecule has 162 valence electrons. The van der Waals surface area contributed by atoms with Crippen LogP contribution in [0.25, 0.3) is 5.57 Å². The van der Waals surface area contributed by atoms with Crippen LogP contribution in [0, 0.1) is 25.6 Å². The van der Waals surface area contributed by atoms with Gasteiger partial charge in [-0.3, -0.25) is 9.69 Å². The number of piperidine rings is 1. The second kappa shape index (κ2) is 11.1. The molecular formula is C24H29ClFNO3. The Morgan fingerprint density at radius 1 is 1.20 bits per heavy atom. The number of carbonyl (C=O) groups is 1. The van der Waals surface area contributed by atoms with Crippen LogP contribution in [-0.4, -0.2) is 42.2 Å². The average molecular weight is 434 g/mol. The van der Waals surface area contributed by atoms with Crippen LogP contribution in [0.1, 0.15) is 35.1 Å². The molecule has 0 spiro atoms. The van der Waals surface area contributed by atoms with Crippen LogP contribution < -0.4 is 0 Å². The van der Waals surface area contributed by atoms with Gasteiger partial charge < -0.3 is 9.84 Å². The first-order valence-electron chi connectivity index (χ1n) is 10.0. The Morgan fingerprint density at radius 3 is 2.63 bits per heavy atom. The molecule has 4 nitrogen and oxygen atoms in total. The summed E-state index contributed by atoms with van der Waals surface area (Å²) in [7, 11) is 0. The van der Waals surface area contributed by atoms with Crippen LogP contribution >= 0.6 is 12.4 Å². The van der Waals surface area contributed by atoms with Crippen LogP contribution in [0.3, 0.4) is 0 Å². The number of ether oxygens (including phenoxy) is 1. The van der Waals surface area contributed by atoms with Gasteiger partial charge in [-0.2, -0.15) is 0 Å². The quantitative estimate of drug-likeness (QED) is 0.489. The van der Waals surface area contributed by atoms with Gasteiger partial charge in [0, 0.05) is 18.7 Å². The molecule has 0 saturated carbocycles. The van der Waals surface area contributed by atoms with Gasteiger partial charge in [0.05, 0.1) is 12.2 Å².